The summed E-state index contributed by atoms with van der Waals surface area (Å²) < 4.78 is 27.7. The summed E-state index contributed by atoms with van der Waals surface area (Å²) in [5, 5.41) is 0. The number of thioether (sulfide) groups is 1. The van der Waals surface area contributed by atoms with Gasteiger partial charge in [0.05, 0.1) is 11.8 Å². The van der Waals surface area contributed by atoms with Gasteiger partial charge in [-0.3, -0.25) is 19.2 Å². The zero-order valence-corrected chi connectivity index (χ0v) is 18.2. The number of ketones is 1. The first kappa shape index (κ1) is 22.7. The lowest BCUT2D eigenvalue weighted by molar-refractivity contribution is -0.186. The number of carbonyl (C=O) groups excluding carboxylic acids is 4. The molecule has 2 heterocycles. The largest absolute Gasteiger partial charge is 0.471 e. The Morgan fingerprint density at radius 3 is 2.23 bits per heavy atom. The molecule has 2 aliphatic heterocycles. The van der Waals surface area contributed by atoms with E-state index in [2.05, 4.69) is 0 Å². The summed E-state index contributed by atoms with van der Waals surface area (Å²) >= 11 is 1.20. The van der Waals surface area contributed by atoms with Crippen LogP contribution in [-0.4, -0.2) is 53.2 Å². The molecular weight excluding hydrogens is 428 g/mol. The number of fused-ring (bicyclic) bond motifs is 1. The standard InChI is InChI=1S/C21H22O9S/c1-10(22)15-8-14-6-5-7-26-17(14)18(15)30-21-20(29-13(4)25)19(28-12(3)24)16(9-31-21)27-11(2)23/h5-8,16,19-21H,9H2,1-4H3/t16-,19+,20-,21+/m1/s1. The zero-order chi connectivity index (χ0) is 22.7. The molecule has 0 aromatic carbocycles. The summed E-state index contributed by atoms with van der Waals surface area (Å²) in [6.45, 7) is 5.04. The Bertz CT molecular complexity index is 966. The van der Waals surface area contributed by atoms with Crippen molar-refractivity contribution in [3.63, 3.8) is 0 Å². The van der Waals surface area contributed by atoms with Gasteiger partial charge in [0.2, 0.25) is 0 Å². The fourth-order valence-corrected chi connectivity index (χ4v) is 4.54. The van der Waals surface area contributed by atoms with Crippen molar-refractivity contribution < 1.29 is 42.5 Å². The lowest BCUT2D eigenvalue weighted by atomic mass is 10.1. The first-order valence-electron chi connectivity index (χ1n) is 9.48. The second kappa shape index (κ2) is 9.42. The number of hydrogen-bond donors (Lipinski definition) is 0. The lowest BCUT2D eigenvalue weighted by Crippen LogP contribution is -2.55. The first-order chi connectivity index (χ1) is 14.7. The fourth-order valence-electron chi connectivity index (χ4n) is 3.34. The van der Waals surface area contributed by atoms with Crippen molar-refractivity contribution in [2.75, 3.05) is 5.75 Å². The summed E-state index contributed by atoms with van der Waals surface area (Å²) in [5.41, 5.74) is 0.110. The normalized spacial score (nSPS) is 23.1. The maximum Gasteiger partial charge on any atom is 0.303 e. The molecule has 4 atom stereocenters. The molecule has 10 heteroatoms. The molecule has 0 aromatic heterocycles. The molecule has 0 spiro atoms. The van der Waals surface area contributed by atoms with Crippen molar-refractivity contribution in [3.8, 4) is 17.1 Å². The van der Waals surface area contributed by atoms with Crippen molar-refractivity contribution in [1.82, 2.24) is 0 Å². The van der Waals surface area contributed by atoms with E-state index < -0.39 is 41.7 Å². The van der Waals surface area contributed by atoms with E-state index >= 15 is 0 Å². The van der Waals surface area contributed by atoms with Gasteiger partial charge in [-0.25, -0.2) is 0 Å². The molecule has 1 saturated heterocycles. The summed E-state index contributed by atoms with van der Waals surface area (Å²) in [7, 11) is 0. The molecule has 0 unspecified atom stereocenters. The second-order valence-corrected chi connectivity index (χ2v) is 8.09. The maximum atomic E-state index is 12.2. The Hall–Kier alpha value is -3.01. The van der Waals surface area contributed by atoms with Crippen LogP contribution < -0.4 is 4.74 Å². The van der Waals surface area contributed by atoms with Crippen LogP contribution in [0.15, 0.2) is 28.9 Å². The highest BCUT2D eigenvalue weighted by Gasteiger charge is 2.48. The van der Waals surface area contributed by atoms with Crippen LogP contribution >= 0.6 is 11.8 Å². The summed E-state index contributed by atoms with van der Waals surface area (Å²) in [6.07, 6.45) is -1.58. The first-order valence-corrected chi connectivity index (χ1v) is 10.5. The summed E-state index contributed by atoms with van der Waals surface area (Å²) in [4.78, 5) is 47.2. The van der Waals surface area contributed by atoms with E-state index in [-0.39, 0.29) is 17.3 Å². The third-order valence-corrected chi connectivity index (χ3v) is 5.69. The van der Waals surface area contributed by atoms with Gasteiger partial charge < -0.3 is 23.4 Å². The van der Waals surface area contributed by atoms with Crippen molar-refractivity contribution in [1.29, 1.82) is 0 Å². The maximum absolute atomic E-state index is 12.2. The van der Waals surface area contributed by atoms with Crippen molar-refractivity contribution in [2.45, 2.75) is 51.4 Å². The number of esters is 3. The molecule has 3 rings (SSSR count). The number of Topliss-reactive ketones (excluding diaryl/α,β-unsaturated/α-hetero) is 1. The second-order valence-electron chi connectivity index (χ2n) is 6.96. The highest BCUT2D eigenvalue weighted by Crippen LogP contribution is 2.42. The van der Waals surface area contributed by atoms with Crippen molar-refractivity contribution >= 4 is 35.5 Å². The summed E-state index contributed by atoms with van der Waals surface area (Å²) in [6, 6.07) is 5.11. The van der Waals surface area contributed by atoms with Gasteiger partial charge in [-0.15, -0.1) is 11.8 Å². The van der Waals surface area contributed by atoms with E-state index in [0.717, 1.165) is 0 Å². The smallest absolute Gasteiger partial charge is 0.303 e. The molecule has 1 aliphatic carbocycles. The van der Waals surface area contributed by atoms with Crippen LogP contribution in [0.1, 0.15) is 38.1 Å². The van der Waals surface area contributed by atoms with Crippen LogP contribution in [0, 0.1) is 0 Å². The Kier molecular flexibility index (Phi) is 6.89. The van der Waals surface area contributed by atoms with E-state index in [9.17, 15) is 19.2 Å². The minimum Gasteiger partial charge on any atom is -0.471 e. The molecule has 0 amide bonds. The van der Waals surface area contributed by atoms with E-state index in [4.69, 9.17) is 23.4 Å². The Labute approximate surface area is 182 Å². The highest BCUT2D eigenvalue weighted by atomic mass is 32.2. The third kappa shape index (κ3) is 5.19. The van der Waals surface area contributed by atoms with E-state index in [0.29, 0.717) is 16.9 Å². The molecular formula is C21H22O9S. The van der Waals surface area contributed by atoms with Crippen LogP contribution in [0.25, 0.3) is 11.3 Å². The molecule has 0 bridgehead atoms. The van der Waals surface area contributed by atoms with Crippen molar-refractivity contribution in [3.05, 3.63) is 30.0 Å². The van der Waals surface area contributed by atoms with Crippen LogP contribution in [-0.2, 0) is 28.6 Å². The Balaban J connectivity index is 1.98. The number of ether oxygens (including phenoxy) is 4. The van der Waals surface area contributed by atoms with Crippen LogP contribution in [0.3, 0.4) is 0 Å². The van der Waals surface area contributed by atoms with Crippen LogP contribution in [0.2, 0.25) is 0 Å². The van der Waals surface area contributed by atoms with Gasteiger partial charge in [0.25, 0.3) is 0 Å². The predicted molar refractivity (Wildman–Crippen MR) is 109 cm³/mol. The van der Waals surface area contributed by atoms with Gasteiger partial charge in [0, 0.05) is 32.1 Å². The minimum absolute atomic E-state index is 0.199. The Morgan fingerprint density at radius 2 is 1.61 bits per heavy atom. The molecule has 3 aliphatic rings. The molecule has 31 heavy (non-hydrogen) atoms. The monoisotopic (exact) mass is 450 g/mol. The Morgan fingerprint density at radius 1 is 0.968 bits per heavy atom. The predicted octanol–water partition coefficient (Wildman–Crippen LogP) is 2.83. The average Bonchev–Trinajstić information content (AvgIpc) is 3.04. The molecule has 0 N–H and O–H groups in total. The van der Waals surface area contributed by atoms with Gasteiger partial charge >= 0.3 is 17.9 Å². The third-order valence-electron chi connectivity index (χ3n) is 4.47. The van der Waals surface area contributed by atoms with E-state index in [1.807, 2.05) is 0 Å². The number of rotatable bonds is 6. The van der Waals surface area contributed by atoms with E-state index in [1.165, 1.54) is 45.7 Å². The highest BCUT2D eigenvalue weighted by molar-refractivity contribution is 7.99. The summed E-state index contributed by atoms with van der Waals surface area (Å²) in [5.74, 6) is -1.30. The molecule has 0 radical (unpaired) electrons. The zero-order valence-electron chi connectivity index (χ0n) is 17.4. The van der Waals surface area contributed by atoms with Crippen LogP contribution in [0.5, 0.6) is 5.75 Å². The average molecular weight is 450 g/mol. The topological polar surface area (TPSA) is 118 Å². The molecule has 0 saturated carbocycles. The molecule has 9 nitrogen and oxygen atoms in total. The molecule has 0 aromatic rings. The fraction of sp³-hybridized carbons (Fsp3) is 0.429. The van der Waals surface area contributed by atoms with Gasteiger partial charge in [0.15, 0.2) is 41.0 Å². The lowest BCUT2D eigenvalue weighted by Gasteiger charge is -2.39. The van der Waals surface area contributed by atoms with Crippen molar-refractivity contribution in [2.24, 2.45) is 0 Å². The SMILES string of the molecule is CC(=O)O[C@@H]1[C@@H](OC(C)=O)[C@@H](Oc2c(C(C)=O)cc3cccoc2-3)SC[C@H]1OC(C)=O. The number of carbonyl (C=O) groups is 4. The van der Waals surface area contributed by atoms with Gasteiger partial charge in [-0.1, -0.05) is 0 Å². The van der Waals surface area contributed by atoms with Gasteiger partial charge in [-0.2, -0.15) is 0 Å². The quantitative estimate of drug-likeness (QED) is 0.369. The van der Waals surface area contributed by atoms with E-state index in [1.54, 1.807) is 18.2 Å². The van der Waals surface area contributed by atoms with Gasteiger partial charge in [-0.05, 0) is 25.1 Å². The molecule has 166 valence electrons. The minimum atomic E-state index is -1.10. The van der Waals surface area contributed by atoms with Crippen LogP contribution in [0.4, 0.5) is 0 Å². The molecule has 1 fully saturated rings. The van der Waals surface area contributed by atoms with Gasteiger partial charge in [0.1, 0.15) is 0 Å². The number of hydrogen-bond acceptors (Lipinski definition) is 10.